The van der Waals surface area contributed by atoms with Gasteiger partial charge in [0.25, 0.3) is 0 Å². The van der Waals surface area contributed by atoms with E-state index in [1.54, 1.807) is 12.1 Å². The number of fused-ring (bicyclic) bond motifs is 1. The maximum atomic E-state index is 13.4. The van der Waals surface area contributed by atoms with Crippen molar-refractivity contribution in [2.75, 3.05) is 13.4 Å². The molecule has 2 aromatic carbocycles. The number of rotatable bonds is 5. The second-order valence-corrected chi connectivity index (χ2v) is 8.81. The van der Waals surface area contributed by atoms with Gasteiger partial charge in [0, 0.05) is 46.8 Å². The number of benzene rings is 2. The van der Waals surface area contributed by atoms with Crippen LogP contribution in [0.4, 0.5) is 0 Å². The van der Waals surface area contributed by atoms with E-state index in [1.165, 1.54) is 0 Å². The van der Waals surface area contributed by atoms with E-state index in [-0.39, 0.29) is 19.2 Å². The van der Waals surface area contributed by atoms with E-state index in [4.69, 9.17) is 25.8 Å². The van der Waals surface area contributed by atoms with Gasteiger partial charge >= 0.3 is 5.97 Å². The maximum Gasteiger partial charge on any atom is 0.315 e. The Morgan fingerprint density at radius 1 is 1.15 bits per heavy atom. The van der Waals surface area contributed by atoms with Crippen LogP contribution in [0.3, 0.4) is 0 Å². The molecule has 0 amide bonds. The van der Waals surface area contributed by atoms with Gasteiger partial charge in [0.1, 0.15) is 5.92 Å². The van der Waals surface area contributed by atoms with E-state index in [1.807, 2.05) is 30.3 Å². The van der Waals surface area contributed by atoms with Crippen LogP contribution in [0.5, 0.6) is 11.5 Å². The van der Waals surface area contributed by atoms with Crippen molar-refractivity contribution in [3.05, 3.63) is 82.2 Å². The zero-order valence-electron chi connectivity index (χ0n) is 18.1. The summed E-state index contributed by atoms with van der Waals surface area (Å²) < 4.78 is 16.7. The molecule has 33 heavy (non-hydrogen) atoms. The Hall–Kier alpha value is -3.25. The van der Waals surface area contributed by atoms with Gasteiger partial charge in [-0.25, -0.2) is 0 Å². The molecule has 170 valence electrons. The van der Waals surface area contributed by atoms with E-state index in [0.717, 1.165) is 17.7 Å². The van der Waals surface area contributed by atoms with Crippen molar-refractivity contribution < 1.29 is 23.8 Å². The number of nitrogens with one attached hydrogen (secondary N) is 1. The highest BCUT2D eigenvalue weighted by Crippen LogP contribution is 2.49. The van der Waals surface area contributed by atoms with Crippen molar-refractivity contribution in [1.29, 1.82) is 0 Å². The second-order valence-electron chi connectivity index (χ2n) is 8.40. The lowest BCUT2D eigenvalue weighted by molar-refractivity contribution is -0.147. The van der Waals surface area contributed by atoms with Crippen molar-refractivity contribution >= 4 is 23.4 Å². The van der Waals surface area contributed by atoms with Crippen molar-refractivity contribution in [2.45, 2.75) is 31.6 Å². The average molecular weight is 466 g/mol. The molecule has 2 unspecified atom stereocenters. The zero-order valence-corrected chi connectivity index (χ0v) is 18.8. The first kappa shape index (κ1) is 21.6. The fourth-order valence-electron chi connectivity index (χ4n) is 4.78. The number of allylic oxidation sites excluding steroid dienone is 2. The molecule has 7 heteroatoms. The lowest BCUT2D eigenvalue weighted by Crippen LogP contribution is -2.41. The van der Waals surface area contributed by atoms with Gasteiger partial charge in [-0.05, 0) is 30.0 Å². The lowest BCUT2D eigenvalue weighted by Gasteiger charge is -2.38. The maximum absolute atomic E-state index is 13.4. The lowest BCUT2D eigenvalue weighted by atomic mass is 9.71. The minimum atomic E-state index is -0.792. The number of ketones is 1. The molecular formula is C26H24ClNO5. The van der Waals surface area contributed by atoms with Crippen LogP contribution in [-0.2, 0) is 20.7 Å². The van der Waals surface area contributed by atoms with Crippen LogP contribution < -0.4 is 14.8 Å². The molecule has 2 aromatic rings. The molecule has 1 N–H and O–H groups in total. The van der Waals surface area contributed by atoms with Crippen LogP contribution in [0.2, 0.25) is 5.02 Å². The topological polar surface area (TPSA) is 73.9 Å². The Bertz CT molecular complexity index is 1160. The Morgan fingerprint density at radius 3 is 2.70 bits per heavy atom. The molecule has 2 aliphatic heterocycles. The third kappa shape index (κ3) is 4.11. The van der Waals surface area contributed by atoms with Crippen molar-refractivity contribution in [2.24, 2.45) is 5.92 Å². The highest BCUT2D eigenvalue weighted by Gasteiger charge is 2.45. The predicted molar refractivity (Wildman–Crippen MR) is 123 cm³/mol. The summed E-state index contributed by atoms with van der Waals surface area (Å²) in [5, 5.41) is 3.63. The molecule has 0 spiro atoms. The summed E-state index contributed by atoms with van der Waals surface area (Å²) in [7, 11) is 0. The summed E-state index contributed by atoms with van der Waals surface area (Å²) in [6.45, 7) is 4.45. The van der Waals surface area contributed by atoms with Crippen LogP contribution in [0.15, 0.2) is 66.0 Å². The molecule has 6 nitrogen and oxygen atoms in total. The Kier molecular flexibility index (Phi) is 5.85. The highest BCUT2D eigenvalue weighted by atomic mass is 35.5. The fraction of sp³-hybridized carbons (Fsp3) is 0.308. The van der Waals surface area contributed by atoms with E-state index >= 15 is 0 Å². The molecule has 1 aliphatic carbocycles. The van der Waals surface area contributed by atoms with Crippen LogP contribution in [0.25, 0.3) is 0 Å². The molecule has 0 radical (unpaired) electrons. The number of carbonyl (C=O) groups is 2. The fourth-order valence-corrected chi connectivity index (χ4v) is 5.05. The molecule has 2 atom stereocenters. The molecule has 0 saturated carbocycles. The second kappa shape index (κ2) is 8.94. The third-order valence-corrected chi connectivity index (χ3v) is 6.67. The van der Waals surface area contributed by atoms with E-state index in [2.05, 4.69) is 11.9 Å². The van der Waals surface area contributed by atoms with Crippen molar-refractivity contribution in [3.8, 4) is 11.5 Å². The molecule has 0 saturated heterocycles. The molecule has 0 aromatic heterocycles. The first-order valence-corrected chi connectivity index (χ1v) is 11.4. The summed E-state index contributed by atoms with van der Waals surface area (Å²) >= 11 is 6.65. The first-order valence-electron chi connectivity index (χ1n) is 11.0. The summed E-state index contributed by atoms with van der Waals surface area (Å²) in [6.07, 6.45) is 2.50. The smallest absolute Gasteiger partial charge is 0.315 e. The van der Waals surface area contributed by atoms with Crippen molar-refractivity contribution in [1.82, 2.24) is 5.32 Å². The summed E-state index contributed by atoms with van der Waals surface area (Å²) in [5.74, 6) is -0.737. The van der Waals surface area contributed by atoms with Crippen LogP contribution in [0, 0.1) is 5.92 Å². The minimum Gasteiger partial charge on any atom is -0.465 e. The van der Waals surface area contributed by atoms with Gasteiger partial charge in [0.05, 0.1) is 6.61 Å². The van der Waals surface area contributed by atoms with E-state index < -0.39 is 17.8 Å². The highest BCUT2D eigenvalue weighted by molar-refractivity contribution is 6.31. The first-order chi connectivity index (χ1) is 16.0. The average Bonchev–Trinajstić information content (AvgIpc) is 3.25. The SMILES string of the molecule is C=C1NC2=C(C(=O)CCC2)C(c2cc3c(cc2Cl)OCO3)C1C(=O)OCCc1ccccc1. The molecule has 0 bridgehead atoms. The van der Waals surface area contributed by atoms with Crippen LogP contribution >= 0.6 is 11.6 Å². The standard InChI is InChI=1S/C26H24ClNO5/c1-15-23(26(30)31-11-10-16-6-3-2-4-7-16)24(25-19(28-15)8-5-9-20(25)29)17-12-21-22(13-18(17)27)33-14-32-21/h2-4,6-7,12-13,23-24,28H,1,5,8-11,14H2. The molecule has 3 aliphatic rings. The minimum absolute atomic E-state index is 0.0112. The van der Waals surface area contributed by atoms with E-state index in [0.29, 0.717) is 52.6 Å². The number of hydrogen-bond acceptors (Lipinski definition) is 6. The van der Waals surface area contributed by atoms with Gasteiger partial charge in [-0.1, -0.05) is 48.5 Å². The molecular weight excluding hydrogens is 442 g/mol. The molecule has 0 fully saturated rings. The summed E-state index contributed by atoms with van der Waals surface area (Å²) in [6, 6.07) is 13.3. The Morgan fingerprint density at radius 2 is 1.91 bits per heavy atom. The number of halogens is 1. The number of carbonyl (C=O) groups excluding carboxylic acids is 2. The van der Waals surface area contributed by atoms with Gasteiger partial charge in [0.2, 0.25) is 6.79 Å². The summed E-state index contributed by atoms with van der Waals surface area (Å²) in [4.78, 5) is 26.4. The Labute approximate surface area is 197 Å². The Balaban J connectivity index is 1.49. The van der Waals surface area contributed by atoms with Gasteiger partial charge in [0.15, 0.2) is 17.3 Å². The summed E-state index contributed by atoms with van der Waals surface area (Å²) in [5.41, 5.74) is 3.61. The van der Waals surface area contributed by atoms with E-state index in [9.17, 15) is 9.59 Å². The zero-order chi connectivity index (χ0) is 22.9. The van der Waals surface area contributed by atoms with Crippen molar-refractivity contribution in [3.63, 3.8) is 0 Å². The number of Topliss-reactive ketones (excluding diaryl/α,β-unsaturated/α-hetero) is 1. The van der Waals surface area contributed by atoms with Crippen LogP contribution in [0.1, 0.15) is 36.3 Å². The quantitative estimate of drug-likeness (QED) is 0.646. The van der Waals surface area contributed by atoms with Gasteiger partial charge in [-0.15, -0.1) is 0 Å². The number of esters is 1. The monoisotopic (exact) mass is 465 g/mol. The van der Waals surface area contributed by atoms with Crippen LogP contribution in [-0.4, -0.2) is 25.2 Å². The van der Waals surface area contributed by atoms with Gasteiger partial charge in [-0.3, -0.25) is 9.59 Å². The number of hydrogen-bond donors (Lipinski definition) is 1. The predicted octanol–water partition coefficient (Wildman–Crippen LogP) is 4.68. The third-order valence-electron chi connectivity index (χ3n) is 6.35. The largest absolute Gasteiger partial charge is 0.465 e. The molecule has 5 rings (SSSR count). The van der Waals surface area contributed by atoms with Gasteiger partial charge in [-0.2, -0.15) is 0 Å². The van der Waals surface area contributed by atoms with Gasteiger partial charge < -0.3 is 19.5 Å². The number of ether oxygens (including phenoxy) is 3. The normalized spacial score (nSPS) is 21.5. The molecule has 2 heterocycles.